The summed E-state index contributed by atoms with van der Waals surface area (Å²) in [5.41, 5.74) is 1.72. The van der Waals surface area contributed by atoms with Crippen LogP contribution in [0.1, 0.15) is 25.3 Å². The molecule has 27 heavy (non-hydrogen) atoms. The van der Waals surface area contributed by atoms with Crippen molar-refractivity contribution in [1.29, 1.82) is 0 Å². The average Bonchev–Trinajstić information content (AvgIpc) is 3.47. The second-order valence-corrected chi connectivity index (χ2v) is 6.33. The van der Waals surface area contributed by atoms with Gasteiger partial charge in [-0.3, -0.25) is 14.9 Å². The monoisotopic (exact) mass is 371 g/mol. The van der Waals surface area contributed by atoms with Crippen LogP contribution in [0.25, 0.3) is 0 Å². The van der Waals surface area contributed by atoms with Gasteiger partial charge in [-0.25, -0.2) is 4.98 Å². The van der Waals surface area contributed by atoms with Crippen LogP contribution in [0, 0.1) is 17.0 Å². The number of benzene rings is 1. The lowest BCUT2D eigenvalue weighted by Crippen LogP contribution is -2.33. The molecule has 2 aromatic rings. The highest BCUT2D eigenvalue weighted by molar-refractivity contribution is 5.76. The Kier molecular flexibility index (Phi) is 5.54. The standard InChI is InChI=1S/C19H21N3O5/c1-3-26-19(23)12-21(14-4-5-14)15-6-8-17(13(2)10-15)27-18-9-7-16(11-20-18)22(24)25/h6-11,14H,3-5,12H2,1-2H3. The van der Waals surface area contributed by atoms with Crippen LogP contribution in [0.3, 0.4) is 0 Å². The lowest BCUT2D eigenvalue weighted by Gasteiger charge is -2.24. The molecule has 0 radical (unpaired) electrons. The number of nitrogens with zero attached hydrogens (tertiary/aromatic N) is 3. The van der Waals surface area contributed by atoms with Crippen molar-refractivity contribution in [2.24, 2.45) is 0 Å². The van der Waals surface area contributed by atoms with Gasteiger partial charge in [0.05, 0.1) is 11.5 Å². The molecule has 1 saturated carbocycles. The molecular formula is C19H21N3O5. The lowest BCUT2D eigenvalue weighted by molar-refractivity contribution is -0.385. The largest absolute Gasteiger partial charge is 0.465 e. The number of pyridine rings is 1. The first kappa shape index (κ1) is 18.6. The molecule has 8 nitrogen and oxygen atoms in total. The minimum atomic E-state index is -0.507. The first-order chi connectivity index (χ1) is 13.0. The Morgan fingerprint density at radius 1 is 1.33 bits per heavy atom. The smallest absolute Gasteiger partial charge is 0.325 e. The van der Waals surface area contributed by atoms with Crippen LogP contribution >= 0.6 is 0 Å². The normalized spacial score (nSPS) is 13.1. The van der Waals surface area contributed by atoms with Crippen molar-refractivity contribution < 1.29 is 19.2 Å². The quantitative estimate of drug-likeness (QED) is 0.397. The molecule has 0 atom stereocenters. The molecule has 1 fully saturated rings. The summed E-state index contributed by atoms with van der Waals surface area (Å²) in [5, 5.41) is 10.7. The number of esters is 1. The summed E-state index contributed by atoms with van der Waals surface area (Å²) < 4.78 is 10.8. The van der Waals surface area contributed by atoms with Gasteiger partial charge in [0.2, 0.25) is 5.88 Å². The molecule has 0 N–H and O–H groups in total. The van der Waals surface area contributed by atoms with Gasteiger partial charge in [0.15, 0.2) is 0 Å². The number of aryl methyl sites for hydroxylation is 1. The van der Waals surface area contributed by atoms with E-state index >= 15 is 0 Å². The van der Waals surface area contributed by atoms with Gasteiger partial charge in [0.1, 0.15) is 18.5 Å². The van der Waals surface area contributed by atoms with E-state index < -0.39 is 4.92 Å². The fourth-order valence-electron chi connectivity index (χ4n) is 2.74. The van der Waals surface area contributed by atoms with Crippen molar-refractivity contribution in [3.8, 4) is 11.6 Å². The van der Waals surface area contributed by atoms with Gasteiger partial charge in [0, 0.05) is 23.9 Å². The number of nitro groups is 1. The van der Waals surface area contributed by atoms with E-state index in [1.807, 2.05) is 25.1 Å². The third-order valence-electron chi connectivity index (χ3n) is 4.23. The molecule has 0 unspecified atom stereocenters. The van der Waals surface area contributed by atoms with Gasteiger partial charge in [-0.2, -0.15) is 0 Å². The fraction of sp³-hybridized carbons (Fsp3) is 0.368. The third kappa shape index (κ3) is 4.72. The highest BCUT2D eigenvalue weighted by Crippen LogP contribution is 2.34. The molecule has 8 heteroatoms. The van der Waals surface area contributed by atoms with E-state index in [-0.39, 0.29) is 24.1 Å². The molecule has 1 aliphatic rings. The number of carbonyl (C=O) groups is 1. The van der Waals surface area contributed by atoms with Gasteiger partial charge >= 0.3 is 5.97 Å². The van der Waals surface area contributed by atoms with Crippen LogP contribution in [0.2, 0.25) is 0 Å². The Morgan fingerprint density at radius 2 is 2.11 bits per heavy atom. The van der Waals surface area contributed by atoms with Crippen LogP contribution in [0.4, 0.5) is 11.4 Å². The Balaban J connectivity index is 1.74. The van der Waals surface area contributed by atoms with Crippen molar-refractivity contribution in [2.75, 3.05) is 18.1 Å². The van der Waals surface area contributed by atoms with Crippen LogP contribution in [-0.4, -0.2) is 35.1 Å². The number of carbonyl (C=O) groups excluding carboxylic acids is 1. The molecule has 0 amide bonds. The van der Waals surface area contributed by atoms with Gasteiger partial charge in [-0.05, 0) is 50.5 Å². The molecule has 1 aromatic carbocycles. The number of ether oxygens (including phenoxy) is 2. The third-order valence-corrected chi connectivity index (χ3v) is 4.23. The van der Waals surface area contributed by atoms with Crippen molar-refractivity contribution in [3.63, 3.8) is 0 Å². The predicted molar refractivity (Wildman–Crippen MR) is 99.1 cm³/mol. The maximum atomic E-state index is 11.9. The van der Waals surface area contributed by atoms with Gasteiger partial charge in [-0.15, -0.1) is 0 Å². The predicted octanol–water partition coefficient (Wildman–Crippen LogP) is 3.62. The Morgan fingerprint density at radius 3 is 2.67 bits per heavy atom. The summed E-state index contributed by atoms with van der Waals surface area (Å²) in [6, 6.07) is 8.83. The molecule has 142 valence electrons. The molecule has 0 spiro atoms. The van der Waals surface area contributed by atoms with E-state index in [0.717, 1.165) is 30.3 Å². The maximum Gasteiger partial charge on any atom is 0.325 e. The zero-order valence-corrected chi connectivity index (χ0v) is 15.3. The SMILES string of the molecule is CCOC(=O)CN(c1ccc(Oc2ccc([N+](=O)[O-])cn2)c(C)c1)C1CC1. The van der Waals surface area contributed by atoms with Crippen LogP contribution in [-0.2, 0) is 9.53 Å². The highest BCUT2D eigenvalue weighted by Gasteiger charge is 2.31. The van der Waals surface area contributed by atoms with E-state index in [2.05, 4.69) is 9.88 Å². The average molecular weight is 371 g/mol. The van der Waals surface area contributed by atoms with E-state index in [4.69, 9.17) is 9.47 Å². The number of aromatic nitrogens is 1. The number of anilines is 1. The lowest BCUT2D eigenvalue weighted by atomic mass is 10.2. The highest BCUT2D eigenvalue weighted by atomic mass is 16.6. The van der Waals surface area contributed by atoms with Crippen molar-refractivity contribution in [2.45, 2.75) is 32.7 Å². The molecule has 0 bridgehead atoms. The minimum absolute atomic E-state index is 0.0894. The summed E-state index contributed by atoms with van der Waals surface area (Å²) in [6.45, 7) is 4.29. The number of hydrogen-bond acceptors (Lipinski definition) is 7. The number of hydrogen-bond donors (Lipinski definition) is 0. The summed E-state index contributed by atoms with van der Waals surface area (Å²) in [6.07, 6.45) is 3.28. The first-order valence-corrected chi connectivity index (χ1v) is 8.79. The van der Waals surface area contributed by atoms with Crippen molar-refractivity contribution in [3.05, 3.63) is 52.2 Å². The molecule has 3 rings (SSSR count). The number of rotatable bonds is 8. The van der Waals surface area contributed by atoms with Crippen molar-refractivity contribution in [1.82, 2.24) is 4.98 Å². The fourth-order valence-corrected chi connectivity index (χ4v) is 2.74. The maximum absolute atomic E-state index is 11.9. The molecule has 1 heterocycles. The van der Waals surface area contributed by atoms with Crippen molar-refractivity contribution >= 4 is 17.3 Å². The van der Waals surface area contributed by atoms with Crippen LogP contribution in [0.15, 0.2) is 36.5 Å². The zero-order chi connectivity index (χ0) is 19.4. The second kappa shape index (κ2) is 8.03. The molecule has 1 aliphatic carbocycles. The Hall–Kier alpha value is -3.16. The van der Waals surface area contributed by atoms with Crippen LogP contribution in [0.5, 0.6) is 11.6 Å². The first-order valence-electron chi connectivity index (χ1n) is 8.79. The summed E-state index contributed by atoms with van der Waals surface area (Å²) in [7, 11) is 0. The van der Waals surface area contributed by atoms with Gasteiger partial charge < -0.3 is 14.4 Å². The Labute approximate surface area is 156 Å². The molecular weight excluding hydrogens is 350 g/mol. The Bertz CT molecular complexity index is 834. The molecule has 0 saturated heterocycles. The van der Waals surface area contributed by atoms with Gasteiger partial charge in [0.25, 0.3) is 5.69 Å². The summed E-state index contributed by atoms with van der Waals surface area (Å²) >= 11 is 0. The van der Waals surface area contributed by atoms with E-state index in [9.17, 15) is 14.9 Å². The topological polar surface area (TPSA) is 94.8 Å². The summed E-state index contributed by atoms with van der Waals surface area (Å²) in [4.78, 5) is 28.1. The molecule has 1 aromatic heterocycles. The zero-order valence-electron chi connectivity index (χ0n) is 15.3. The van der Waals surface area contributed by atoms with E-state index in [1.165, 1.54) is 12.1 Å². The minimum Gasteiger partial charge on any atom is -0.465 e. The molecule has 0 aliphatic heterocycles. The van der Waals surface area contributed by atoms with Gasteiger partial charge in [-0.1, -0.05) is 0 Å². The summed E-state index contributed by atoms with van der Waals surface area (Å²) in [5.74, 6) is 0.645. The second-order valence-electron chi connectivity index (χ2n) is 6.33. The van der Waals surface area contributed by atoms with E-state index in [0.29, 0.717) is 18.4 Å². The van der Waals surface area contributed by atoms with E-state index in [1.54, 1.807) is 6.92 Å². The van der Waals surface area contributed by atoms with Crippen LogP contribution < -0.4 is 9.64 Å².